The van der Waals surface area contributed by atoms with Crippen molar-refractivity contribution in [3.8, 4) is 0 Å². The fraction of sp³-hybridized carbons (Fsp3) is 0.857. The molecule has 4 heteroatoms. The monoisotopic (exact) mass is 158 g/mol. The van der Waals surface area contributed by atoms with Crippen molar-refractivity contribution >= 4 is 5.91 Å². The number of nitrogens with two attached hydrogens (primary N) is 1. The van der Waals surface area contributed by atoms with Gasteiger partial charge in [0.15, 0.2) is 0 Å². The Bertz CT molecular complexity index is 149. The lowest BCUT2D eigenvalue weighted by Crippen LogP contribution is -2.32. The molecule has 0 saturated carbocycles. The van der Waals surface area contributed by atoms with Gasteiger partial charge in [0, 0.05) is 13.2 Å². The molecule has 1 atom stereocenters. The van der Waals surface area contributed by atoms with Crippen LogP contribution in [0.3, 0.4) is 0 Å². The maximum absolute atomic E-state index is 10.5. The Kier molecular flexibility index (Phi) is 2.84. The van der Waals surface area contributed by atoms with Crippen molar-refractivity contribution in [1.82, 2.24) is 4.90 Å². The van der Waals surface area contributed by atoms with E-state index in [0.717, 1.165) is 19.5 Å². The smallest absolute Gasteiger partial charge is 0.231 e. The summed E-state index contributed by atoms with van der Waals surface area (Å²) in [6.45, 7) is 2.24. The summed E-state index contributed by atoms with van der Waals surface area (Å²) in [4.78, 5) is 12.4. The summed E-state index contributed by atoms with van der Waals surface area (Å²) in [6, 6.07) is 0. The maximum Gasteiger partial charge on any atom is 0.231 e. The molecule has 1 heterocycles. The van der Waals surface area contributed by atoms with Gasteiger partial charge in [-0.25, -0.2) is 0 Å². The van der Waals surface area contributed by atoms with E-state index in [4.69, 9.17) is 10.8 Å². The van der Waals surface area contributed by atoms with E-state index in [2.05, 4.69) is 0 Å². The molecule has 11 heavy (non-hydrogen) atoms. The van der Waals surface area contributed by atoms with E-state index in [1.165, 1.54) is 0 Å². The van der Waals surface area contributed by atoms with E-state index in [-0.39, 0.29) is 12.5 Å². The molecule has 1 unspecified atom stereocenters. The molecule has 3 N–H and O–H groups in total. The highest BCUT2D eigenvalue weighted by Gasteiger charge is 2.22. The molecule has 1 amide bonds. The van der Waals surface area contributed by atoms with Gasteiger partial charge in [-0.05, 0) is 18.9 Å². The van der Waals surface area contributed by atoms with Crippen molar-refractivity contribution in [1.29, 1.82) is 0 Å². The third-order valence-corrected chi connectivity index (χ3v) is 2.01. The van der Waals surface area contributed by atoms with Crippen LogP contribution in [-0.4, -0.2) is 42.2 Å². The molecule has 1 saturated heterocycles. The number of likely N-dealkylation sites (tertiary alicyclic amines) is 1. The number of nitrogens with zero attached hydrogens (tertiary/aromatic N) is 1. The average molecular weight is 158 g/mol. The lowest BCUT2D eigenvalue weighted by atomic mass is 10.1. The number of aliphatic hydroxyl groups excluding tert-OH is 1. The van der Waals surface area contributed by atoms with Crippen LogP contribution in [0.2, 0.25) is 0 Å². The van der Waals surface area contributed by atoms with Crippen LogP contribution in [0.4, 0.5) is 0 Å². The molecule has 1 rings (SSSR count). The van der Waals surface area contributed by atoms with Gasteiger partial charge in [0.05, 0.1) is 6.54 Å². The van der Waals surface area contributed by atoms with E-state index in [0.29, 0.717) is 12.5 Å². The predicted molar refractivity (Wildman–Crippen MR) is 40.8 cm³/mol. The Labute approximate surface area is 66.0 Å². The Morgan fingerprint density at radius 3 is 2.91 bits per heavy atom. The van der Waals surface area contributed by atoms with Crippen LogP contribution in [0.5, 0.6) is 0 Å². The summed E-state index contributed by atoms with van der Waals surface area (Å²) in [7, 11) is 0. The lowest BCUT2D eigenvalue weighted by molar-refractivity contribution is -0.118. The van der Waals surface area contributed by atoms with Crippen molar-refractivity contribution < 1.29 is 9.90 Å². The molecular formula is C7H14N2O2. The number of hydrogen-bond donors (Lipinski definition) is 2. The fourth-order valence-electron chi connectivity index (χ4n) is 1.43. The number of primary amides is 1. The maximum atomic E-state index is 10.5. The van der Waals surface area contributed by atoms with Gasteiger partial charge in [-0.15, -0.1) is 0 Å². The Morgan fingerprint density at radius 1 is 1.73 bits per heavy atom. The quantitative estimate of drug-likeness (QED) is 0.541. The summed E-state index contributed by atoms with van der Waals surface area (Å²) < 4.78 is 0. The molecule has 0 spiro atoms. The average Bonchev–Trinajstić information content (AvgIpc) is 2.34. The molecule has 0 bridgehead atoms. The van der Waals surface area contributed by atoms with Gasteiger partial charge in [0.25, 0.3) is 0 Å². The first-order chi connectivity index (χ1) is 5.22. The summed E-state index contributed by atoms with van der Waals surface area (Å²) in [5.41, 5.74) is 5.02. The van der Waals surface area contributed by atoms with Crippen LogP contribution in [0.25, 0.3) is 0 Å². The number of carbonyl (C=O) groups excluding carboxylic acids is 1. The zero-order valence-electron chi connectivity index (χ0n) is 6.49. The molecule has 0 aromatic rings. The highest BCUT2D eigenvalue weighted by atomic mass is 16.3. The summed E-state index contributed by atoms with van der Waals surface area (Å²) in [6.07, 6.45) is 0.976. The fourth-order valence-corrected chi connectivity index (χ4v) is 1.43. The molecule has 0 radical (unpaired) electrons. The molecule has 64 valence electrons. The predicted octanol–water partition coefficient (Wildman–Crippen LogP) is -1.21. The standard InChI is InChI=1S/C7H14N2O2/c8-7(11)4-9-2-1-6(3-9)5-10/h6,10H,1-5H2,(H2,8,11). The van der Waals surface area contributed by atoms with Crippen LogP contribution in [0.15, 0.2) is 0 Å². The highest BCUT2D eigenvalue weighted by Crippen LogP contribution is 2.14. The SMILES string of the molecule is NC(=O)CN1CCC(CO)C1. The van der Waals surface area contributed by atoms with Crippen LogP contribution in [0, 0.1) is 5.92 Å². The van der Waals surface area contributed by atoms with Crippen molar-refractivity contribution in [3.63, 3.8) is 0 Å². The van der Waals surface area contributed by atoms with Crippen molar-refractivity contribution in [2.75, 3.05) is 26.2 Å². The molecule has 1 fully saturated rings. The van der Waals surface area contributed by atoms with E-state index in [1.807, 2.05) is 4.90 Å². The first-order valence-corrected chi connectivity index (χ1v) is 3.84. The molecule has 4 nitrogen and oxygen atoms in total. The van der Waals surface area contributed by atoms with Gasteiger partial charge in [-0.1, -0.05) is 0 Å². The van der Waals surface area contributed by atoms with Crippen molar-refractivity contribution in [3.05, 3.63) is 0 Å². The molecular weight excluding hydrogens is 144 g/mol. The molecule has 0 aromatic carbocycles. The number of rotatable bonds is 3. The van der Waals surface area contributed by atoms with E-state index < -0.39 is 0 Å². The van der Waals surface area contributed by atoms with Crippen LogP contribution < -0.4 is 5.73 Å². The van der Waals surface area contributed by atoms with E-state index in [1.54, 1.807) is 0 Å². The second-order valence-electron chi connectivity index (χ2n) is 3.04. The minimum atomic E-state index is -0.288. The molecule has 1 aliphatic rings. The van der Waals surface area contributed by atoms with Gasteiger partial charge in [-0.2, -0.15) is 0 Å². The summed E-state index contributed by atoms with van der Waals surface area (Å²) in [5, 5.41) is 8.78. The highest BCUT2D eigenvalue weighted by molar-refractivity contribution is 5.75. The van der Waals surface area contributed by atoms with E-state index >= 15 is 0 Å². The lowest BCUT2D eigenvalue weighted by Gasteiger charge is -2.11. The number of amides is 1. The minimum Gasteiger partial charge on any atom is -0.396 e. The second-order valence-corrected chi connectivity index (χ2v) is 3.04. The van der Waals surface area contributed by atoms with Gasteiger partial charge in [0.2, 0.25) is 5.91 Å². The Morgan fingerprint density at radius 2 is 2.45 bits per heavy atom. The van der Waals surface area contributed by atoms with Crippen molar-refractivity contribution in [2.45, 2.75) is 6.42 Å². The third kappa shape index (κ3) is 2.48. The van der Waals surface area contributed by atoms with E-state index in [9.17, 15) is 4.79 Å². The summed E-state index contributed by atoms with van der Waals surface area (Å²) in [5.74, 6) is 0.0536. The van der Waals surface area contributed by atoms with Gasteiger partial charge < -0.3 is 10.8 Å². The Balaban J connectivity index is 2.24. The zero-order valence-corrected chi connectivity index (χ0v) is 6.49. The number of hydrogen-bond acceptors (Lipinski definition) is 3. The number of carbonyl (C=O) groups is 1. The van der Waals surface area contributed by atoms with Crippen LogP contribution in [-0.2, 0) is 4.79 Å². The largest absolute Gasteiger partial charge is 0.396 e. The Hall–Kier alpha value is -0.610. The second kappa shape index (κ2) is 3.69. The topological polar surface area (TPSA) is 66.6 Å². The third-order valence-electron chi connectivity index (χ3n) is 2.01. The van der Waals surface area contributed by atoms with Crippen LogP contribution >= 0.6 is 0 Å². The molecule has 0 aliphatic carbocycles. The normalized spacial score (nSPS) is 25.7. The molecule has 1 aliphatic heterocycles. The minimum absolute atomic E-state index is 0.218. The van der Waals surface area contributed by atoms with Crippen LogP contribution in [0.1, 0.15) is 6.42 Å². The van der Waals surface area contributed by atoms with Gasteiger partial charge in [-0.3, -0.25) is 9.69 Å². The zero-order chi connectivity index (χ0) is 8.27. The molecule has 0 aromatic heterocycles. The van der Waals surface area contributed by atoms with Gasteiger partial charge >= 0.3 is 0 Å². The number of aliphatic hydroxyl groups is 1. The van der Waals surface area contributed by atoms with Gasteiger partial charge in [0.1, 0.15) is 0 Å². The first kappa shape index (κ1) is 8.49. The summed E-state index contributed by atoms with van der Waals surface area (Å²) >= 11 is 0. The van der Waals surface area contributed by atoms with Crippen molar-refractivity contribution in [2.24, 2.45) is 11.7 Å². The first-order valence-electron chi connectivity index (χ1n) is 3.84.